The van der Waals surface area contributed by atoms with Gasteiger partial charge in [0, 0.05) is 29.7 Å². The maximum absolute atomic E-state index is 12.4. The molecule has 19 heavy (non-hydrogen) atoms. The molecule has 1 aromatic carbocycles. The number of hydrogen-bond donors (Lipinski definition) is 0. The highest BCUT2D eigenvalue weighted by atomic mass is 32.2. The molecule has 2 aliphatic rings. The van der Waals surface area contributed by atoms with E-state index in [1.807, 2.05) is 17.8 Å². The maximum atomic E-state index is 12.4. The molecule has 0 amide bonds. The molecule has 0 spiro atoms. The van der Waals surface area contributed by atoms with E-state index in [1.165, 1.54) is 24.0 Å². The first kappa shape index (κ1) is 13.2. The topological polar surface area (TPSA) is 20.3 Å². The van der Waals surface area contributed by atoms with Gasteiger partial charge in [-0.05, 0) is 36.5 Å². The van der Waals surface area contributed by atoms with Crippen molar-refractivity contribution >= 4 is 17.5 Å². The number of nitrogens with zero attached hydrogens (tertiary/aromatic N) is 1. The lowest BCUT2D eigenvalue weighted by molar-refractivity contribution is 0.0933. The van der Waals surface area contributed by atoms with Crippen molar-refractivity contribution in [3.63, 3.8) is 0 Å². The van der Waals surface area contributed by atoms with Gasteiger partial charge in [0.25, 0.3) is 0 Å². The average Bonchev–Trinajstić information content (AvgIpc) is 2.85. The number of thioether (sulfide) groups is 1. The molecule has 0 saturated carbocycles. The SMILES string of the molecule is CC1CN(CC(=O)c2ccc3c(c2)CCC3)CCS1. The minimum Gasteiger partial charge on any atom is -0.294 e. The molecule has 0 N–H and O–H groups in total. The molecular weight excluding hydrogens is 254 g/mol. The van der Waals surface area contributed by atoms with Crippen LogP contribution in [0.3, 0.4) is 0 Å². The van der Waals surface area contributed by atoms with Gasteiger partial charge in [0.1, 0.15) is 0 Å². The van der Waals surface area contributed by atoms with E-state index in [9.17, 15) is 4.79 Å². The van der Waals surface area contributed by atoms with Crippen LogP contribution in [0.2, 0.25) is 0 Å². The molecule has 1 aliphatic carbocycles. The van der Waals surface area contributed by atoms with Crippen LogP contribution in [-0.2, 0) is 12.8 Å². The summed E-state index contributed by atoms with van der Waals surface area (Å²) in [6, 6.07) is 6.31. The molecule has 0 bridgehead atoms. The summed E-state index contributed by atoms with van der Waals surface area (Å²) in [5.74, 6) is 1.44. The molecule has 2 nitrogen and oxygen atoms in total. The number of Topliss-reactive ketones (excluding diaryl/α,β-unsaturated/α-hetero) is 1. The summed E-state index contributed by atoms with van der Waals surface area (Å²) in [5, 5.41) is 0.654. The average molecular weight is 275 g/mol. The standard InChI is InChI=1S/C16H21NOS/c1-12-10-17(7-8-19-12)11-16(18)15-6-5-13-3-2-4-14(13)9-15/h5-6,9,12H,2-4,7-8,10-11H2,1H3. The molecule has 0 radical (unpaired) electrons. The second kappa shape index (κ2) is 5.68. The fraction of sp³-hybridized carbons (Fsp3) is 0.562. The van der Waals surface area contributed by atoms with E-state index in [0.29, 0.717) is 11.8 Å². The third-order valence-electron chi connectivity index (χ3n) is 4.11. The van der Waals surface area contributed by atoms with E-state index in [0.717, 1.165) is 30.8 Å². The number of carbonyl (C=O) groups excluding carboxylic acids is 1. The molecule has 3 rings (SSSR count). The first-order valence-electron chi connectivity index (χ1n) is 7.21. The highest BCUT2D eigenvalue weighted by Crippen LogP contribution is 2.23. The molecule has 3 heteroatoms. The van der Waals surface area contributed by atoms with E-state index in [2.05, 4.69) is 24.0 Å². The van der Waals surface area contributed by atoms with Gasteiger partial charge in [-0.1, -0.05) is 19.1 Å². The lowest BCUT2D eigenvalue weighted by Gasteiger charge is -2.29. The van der Waals surface area contributed by atoms with Crippen molar-refractivity contribution in [3.05, 3.63) is 34.9 Å². The van der Waals surface area contributed by atoms with Gasteiger partial charge in [0.15, 0.2) is 5.78 Å². The maximum Gasteiger partial charge on any atom is 0.176 e. The Hall–Kier alpha value is -0.800. The second-order valence-electron chi connectivity index (χ2n) is 5.68. The van der Waals surface area contributed by atoms with Crippen molar-refractivity contribution in [2.75, 3.05) is 25.4 Å². The fourth-order valence-corrected chi connectivity index (χ4v) is 4.16. The number of fused-ring (bicyclic) bond motifs is 1. The zero-order chi connectivity index (χ0) is 13.2. The summed E-state index contributed by atoms with van der Waals surface area (Å²) >= 11 is 2.01. The number of carbonyl (C=O) groups is 1. The van der Waals surface area contributed by atoms with Crippen LogP contribution in [-0.4, -0.2) is 41.3 Å². The van der Waals surface area contributed by atoms with Gasteiger partial charge < -0.3 is 0 Å². The smallest absolute Gasteiger partial charge is 0.176 e. The van der Waals surface area contributed by atoms with Crippen LogP contribution < -0.4 is 0 Å². The quantitative estimate of drug-likeness (QED) is 0.791. The summed E-state index contributed by atoms with van der Waals surface area (Å²) in [5.41, 5.74) is 3.75. The van der Waals surface area contributed by atoms with E-state index in [1.54, 1.807) is 0 Å². The summed E-state index contributed by atoms with van der Waals surface area (Å²) in [6.07, 6.45) is 3.58. The van der Waals surface area contributed by atoms with Gasteiger partial charge in [-0.25, -0.2) is 0 Å². The van der Waals surface area contributed by atoms with Crippen molar-refractivity contribution in [3.8, 4) is 0 Å². The number of aryl methyl sites for hydroxylation is 2. The van der Waals surface area contributed by atoms with Crippen LogP contribution in [0.1, 0.15) is 34.8 Å². The van der Waals surface area contributed by atoms with Gasteiger partial charge in [0.2, 0.25) is 0 Å². The molecule has 1 fully saturated rings. The van der Waals surface area contributed by atoms with Crippen LogP contribution >= 0.6 is 11.8 Å². The lowest BCUT2D eigenvalue weighted by atomic mass is 10.0. The predicted octanol–water partition coefficient (Wildman–Crippen LogP) is 2.80. The first-order valence-corrected chi connectivity index (χ1v) is 8.26. The Labute approximate surface area is 119 Å². The molecule has 102 valence electrons. The van der Waals surface area contributed by atoms with E-state index in [-0.39, 0.29) is 5.78 Å². The van der Waals surface area contributed by atoms with Gasteiger partial charge in [-0.2, -0.15) is 11.8 Å². The molecule has 1 atom stereocenters. The van der Waals surface area contributed by atoms with Crippen LogP contribution in [0.15, 0.2) is 18.2 Å². The minimum absolute atomic E-state index is 0.286. The van der Waals surface area contributed by atoms with Crippen molar-refractivity contribution in [1.29, 1.82) is 0 Å². The highest BCUT2D eigenvalue weighted by molar-refractivity contribution is 7.99. The summed E-state index contributed by atoms with van der Waals surface area (Å²) in [6.45, 7) is 4.92. The molecule has 1 saturated heterocycles. The zero-order valence-electron chi connectivity index (χ0n) is 11.5. The van der Waals surface area contributed by atoms with Gasteiger partial charge in [-0.15, -0.1) is 0 Å². The molecule has 1 aromatic rings. The highest BCUT2D eigenvalue weighted by Gasteiger charge is 2.20. The van der Waals surface area contributed by atoms with Crippen LogP contribution in [0.25, 0.3) is 0 Å². The van der Waals surface area contributed by atoms with Gasteiger partial charge in [0.05, 0.1) is 6.54 Å². The summed E-state index contributed by atoms with van der Waals surface area (Å²) in [7, 11) is 0. The Morgan fingerprint density at radius 3 is 3.05 bits per heavy atom. The largest absolute Gasteiger partial charge is 0.294 e. The molecule has 1 unspecified atom stereocenters. The van der Waals surface area contributed by atoms with Crippen molar-refractivity contribution in [2.45, 2.75) is 31.4 Å². The number of rotatable bonds is 3. The molecular formula is C16H21NOS. The molecule has 0 aromatic heterocycles. The lowest BCUT2D eigenvalue weighted by Crippen LogP contribution is -2.39. The zero-order valence-corrected chi connectivity index (χ0v) is 12.3. The Kier molecular flexibility index (Phi) is 3.94. The predicted molar refractivity (Wildman–Crippen MR) is 81.2 cm³/mol. The van der Waals surface area contributed by atoms with E-state index >= 15 is 0 Å². The molecule has 1 heterocycles. The fourth-order valence-electron chi connectivity index (χ4n) is 3.07. The molecule has 1 aliphatic heterocycles. The summed E-state index contributed by atoms with van der Waals surface area (Å²) < 4.78 is 0. The third kappa shape index (κ3) is 3.03. The monoisotopic (exact) mass is 275 g/mol. The Balaban J connectivity index is 1.67. The van der Waals surface area contributed by atoms with Gasteiger partial charge in [-0.3, -0.25) is 9.69 Å². The van der Waals surface area contributed by atoms with Crippen molar-refractivity contribution in [2.24, 2.45) is 0 Å². The number of ketones is 1. The number of benzene rings is 1. The van der Waals surface area contributed by atoms with E-state index < -0.39 is 0 Å². The minimum atomic E-state index is 0.286. The Bertz CT molecular complexity index is 486. The van der Waals surface area contributed by atoms with Crippen molar-refractivity contribution < 1.29 is 4.79 Å². The van der Waals surface area contributed by atoms with Crippen LogP contribution in [0.4, 0.5) is 0 Å². The first-order chi connectivity index (χ1) is 9.22. The van der Waals surface area contributed by atoms with Crippen molar-refractivity contribution in [1.82, 2.24) is 4.90 Å². The van der Waals surface area contributed by atoms with Crippen LogP contribution in [0, 0.1) is 0 Å². The normalized spacial score (nSPS) is 23.3. The summed E-state index contributed by atoms with van der Waals surface area (Å²) in [4.78, 5) is 14.7. The third-order valence-corrected chi connectivity index (χ3v) is 5.25. The van der Waals surface area contributed by atoms with E-state index in [4.69, 9.17) is 0 Å². The second-order valence-corrected chi connectivity index (χ2v) is 7.22. The number of hydrogen-bond acceptors (Lipinski definition) is 3. The Morgan fingerprint density at radius 2 is 2.21 bits per heavy atom. The van der Waals surface area contributed by atoms with Gasteiger partial charge >= 0.3 is 0 Å². The van der Waals surface area contributed by atoms with Crippen LogP contribution in [0.5, 0.6) is 0 Å². The Morgan fingerprint density at radius 1 is 1.37 bits per heavy atom.